The van der Waals surface area contributed by atoms with Crippen molar-refractivity contribution in [1.82, 2.24) is 24.1 Å². The molecule has 12 aromatic rings. The Morgan fingerprint density at radius 1 is 0.250 bits per heavy atom. The Kier molecular flexibility index (Phi) is 7.78. The van der Waals surface area contributed by atoms with E-state index in [0.29, 0.717) is 17.5 Å². The van der Waals surface area contributed by atoms with Gasteiger partial charge in [-0.3, -0.25) is 0 Å². The maximum atomic E-state index is 5.01. The summed E-state index contributed by atoms with van der Waals surface area (Å²) in [6, 6.07) is 75.3. The topological polar surface area (TPSA) is 48.5 Å². The molecule has 0 radical (unpaired) electrons. The summed E-state index contributed by atoms with van der Waals surface area (Å²) in [7, 11) is 0. The second kappa shape index (κ2) is 13.8. The van der Waals surface area contributed by atoms with E-state index in [4.69, 9.17) is 15.0 Å². The van der Waals surface area contributed by atoms with Crippen LogP contribution in [0.3, 0.4) is 0 Å². The highest BCUT2D eigenvalue weighted by Gasteiger charge is 2.17. The van der Waals surface area contributed by atoms with Crippen molar-refractivity contribution in [1.29, 1.82) is 0 Å². The van der Waals surface area contributed by atoms with Crippen LogP contribution in [0.1, 0.15) is 0 Å². The summed E-state index contributed by atoms with van der Waals surface area (Å²) in [5.74, 6) is 1.94. The number of rotatable bonds is 6. The number of para-hydroxylation sites is 3. The van der Waals surface area contributed by atoms with Gasteiger partial charge in [-0.2, -0.15) is 0 Å². The van der Waals surface area contributed by atoms with Gasteiger partial charge in [-0.25, -0.2) is 15.0 Å². The Morgan fingerprint density at radius 3 is 1.25 bits per heavy atom. The molecule has 0 saturated heterocycles. The lowest BCUT2D eigenvalue weighted by Crippen LogP contribution is -2.00. The average Bonchev–Trinajstić information content (AvgIpc) is 3.84. The minimum Gasteiger partial charge on any atom is -0.309 e. The first-order valence-corrected chi connectivity index (χ1v) is 20.3. The van der Waals surface area contributed by atoms with Gasteiger partial charge in [-0.15, -0.1) is 0 Å². The van der Waals surface area contributed by atoms with Crippen LogP contribution >= 0.6 is 0 Å². The fraction of sp³-hybridized carbons (Fsp3) is 0. The Hall–Kier alpha value is -8.15. The third-order valence-electron chi connectivity index (χ3n) is 11.7. The molecule has 0 fully saturated rings. The average molecular weight is 766 g/mol. The number of nitrogens with zero attached hydrogens (tertiary/aromatic N) is 5. The molecule has 0 spiro atoms. The molecule has 0 aliphatic carbocycles. The van der Waals surface area contributed by atoms with Gasteiger partial charge in [0, 0.05) is 49.6 Å². The zero-order valence-corrected chi connectivity index (χ0v) is 32.4. The van der Waals surface area contributed by atoms with Crippen LogP contribution in [0.5, 0.6) is 0 Å². The van der Waals surface area contributed by atoms with E-state index in [1.165, 1.54) is 49.2 Å². The maximum Gasteiger partial charge on any atom is 0.164 e. The molecule has 5 nitrogen and oxygen atoms in total. The van der Waals surface area contributed by atoms with Gasteiger partial charge in [-0.05, 0) is 88.6 Å². The molecule has 0 saturated carbocycles. The quantitative estimate of drug-likeness (QED) is 0.169. The predicted molar refractivity (Wildman–Crippen MR) is 248 cm³/mol. The maximum absolute atomic E-state index is 5.01. The Balaban J connectivity index is 0.977. The molecule has 0 aliphatic heterocycles. The first kappa shape index (κ1) is 33.9. The van der Waals surface area contributed by atoms with Crippen molar-refractivity contribution in [2.45, 2.75) is 0 Å². The highest BCUT2D eigenvalue weighted by atomic mass is 15.0. The van der Waals surface area contributed by atoms with Gasteiger partial charge in [0.15, 0.2) is 17.5 Å². The SMILES string of the molecule is c1ccc(-c2nc(-c3ccccc3)nc(-c3ccc4ccc(-n5c6ccccc6c6cc(-c7ccc8c(c7)c7ccccc7n8-c7ccccc7)ccc65)cc4c3)n2)cc1. The van der Waals surface area contributed by atoms with Crippen molar-refractivity contribution < 1.29 is 0 Å². The van der Waals surface area contributed by atoms with Crippen LogP contribution in [0, 0.1) is 0 Å². The lowest BCUT2D eigenvalue weighted by Gasteiger charge is -2.11. The molecule has 60 heavy (non-hydrogen) atoms. The molecule has 5 heteroatoms. The van der Waals surface area contributed by atoms with Gasteiger partial charge in [0.1, 0.15) is 0 Å². The molecule has 0 amide bonds. The number of aromatic nitrogens is 5. The summed E-state index contributed by atoms with van der Waals surface area (Å²) in [4.78, 5) is 14.9. The van der Waals surface area contributed by atoms with E-state index < -0.39 is 0 Å². The van der Waals surface area contributed by atoms with Crippen LogP contribution in [0.15, 0.2) is 212 Å². The first-order valence-electron chi connectivity index (χ1n) is 20.3. The molecule has 0 atom stereocenters. The molecule has 0 bridgehead atoms. The lowest BCUT2D eigenvalue weighted by atomic mass is 10.0. The highest BCUT2D eigenvalue weighted by Crippen LogP contribution is 2.39. The van der Waals surface area contributed by atoms with E-state index in [-0.39, 0.29) is 0 Å². The second-order valence-corrected chi connectivity index (χ2v) is 15.3. The van der Waals surface area contributed by atoms with E-state index in [1.54, 1.807) is 0 Å². The van der Waals surface area contributed by atoms with Crippen LogP contribution in [0.4, 0.5) is 0 Å². The normalized spacial score (nSPS) is 11.7. The minimum absolute atomic E-state index is 0.641. The van der Waals surface area contributed by atoms with Crippen LogP contribution in [-0.4, -0.2) is 24.1 Å². The van der Waals surface area contributed by atoms with Crippen LogP contribution in [0.25, 0.3) is 111 Å². The van der Waals surface area contributed by atoms with Crippen LogP contribution in [-0.2, 0) is 0 Å². The minimum atomic E-state index is 0.641. The summed E-state index contributed by atoms with van der Waals surface area (Å²) in [6.45, 7) is 0. The van der Waals surface area contributed by atoms with E-state index in [0.717, 1.165) is 44.4 Å². The number of benzene rings is 9. The summed E-state index contributed by atoms with van der Waals surface area (Å²) < 4.78 is 4.76. The van der Waals surface area contributed by atoms with Gasteiger partial charge >= 0.3 is 0 Å². The molecule has 280 valence electrons. The molecule has 9 aromatic carbocycles. The van der Waals surface area contributed by atoms with E-state index >= 15 is 0 Å². The molecule has 12 rings (SSSR count). The van der Waals surface area contributed by atoms with Crippen molar-refractivity contribution in [3.63, 3.8) is 0 Å². The molecular formula is C55H35N5. The van der Waals surface area contributed by atoms with Gasteiger partial charge in [0.05, 0.1) is 22.1 Å². The fourth-order valence-corrected chi connectivity index (χ4v) is 8.89. The highest BCUT2D eigenvalue weighted by molar-refractivity contribution is 6.13. The monoisotopic (exact) mass is 765 g/mol. The van der Waals surface area contributed by atoms with Crippen molar-refractivity contribution in [2.75, 3.05) is 0 Å². The molecule has 3 heterocycles. The Bertz CT molecular complexity index is 3530. The van der Waals surface area contributed by atoms with E-state index in [9.17, 15) is 0 Å². The number of fused-ring (bicyclic) bond motifs is 7. The van der Waals surface area contributed by atoms with Crippen LogP contribution in [0.2, 0.25) is 0 Å². The van der Waals surface area contributed by atoms with Crippen molar-refractivity contribution in [2.24, 2.45) is 0 Å². The smallest absolute Gasteiger partial charge is 0.164 e. The third-order valence-corrected chi connectivity index (χ3v) is 11.7. The summed E-state index contributed by atoms with van der Waals surface area (Å²) in [6.07, 6.45) is 0. The lowest BCUT2D eigenvalue weighted by molar-refractivity contribution is 1.07. The summed E-state index contributed by atoms with van der Waals surface area (Å²) in [5.41, 5.74) is 12.2. The predicted octanol–water partition coefficient (Wildman–Crippen LogP) is 13.9. The zero-order valence-electron chi connectivity index (χ0n) is 32.4. The van der Waals surface area contributed by atoms with E-state index in [1.807, 2.05) is 60.7 Å². The van der Waals surface area contributed by atoms with Crippen molar-refractivity contribution in [3.05, 3.63) is 212 Å². The Morgan fingerprint density at radius 2 is 0.683 bits per heavy atom. The molecule has 3 aromatic heterocycles. The second-order valence-electron chi connectivity index (χ2n) is 15.3. The summed E-state index contributed by atoms with van der Waals surface area (Å²) in [5, 5.41) is 7.19. The Labute approximate surface area is 346 Å². The zero-order chi connectivity index (χ0) is 39.6. The standard InChI is InChI=1S/C55H35N5/c1-4-14-37(15-5-1)53-56-54(38-16-6-2-7-17-38)58-55(57-53)41-25-24-36-26-29-44(33-42(36)32-41)60-50-23-13-11-21-46(50)48-35-40(28-31-52(48)60)39-27-30-51-47(34-39)45-20-10-12-22-49(45)59(51)43-18-8-3-9-19-43/h1-35H. The molecule has 0 N–H and O–H groups in total. The summed E-state index contributed by atoms with van der Waals surface area (Å²) >= 11 is 0. The van der Waals surface area contributed by atoms with Crippen LogP contribution < -0.4 is 0 Å². The third kappa shape index (κ3) is 5.59. The van der Waals surface area contributed by atoms with Gasteiger partial charge in [-0.1, -0.05) is 146 Å². The van der Waals surface area contributed by atoms with Crippen molar-refractivity contribution in [3.8, 4) is 56.7 Å². The number of hydrogen-bond donors (Lipinski definition) is 0. The molecule has 0 aliphatic rings. The fourth-order valence-electron chi connectivity index (χ4n) is 8.89. The molecular weight excluding hydrogens is 731 g/mol. The largest absolute Gasteiger partial charge is 0.309 e. The van der Waals surface area contributed by atoms with Gasteiger partial charge in [0.25, 0.3) is 0 Å². The van der Waals surface area contributed by atoms with Gasteiger partial charge in [0.2, 0.25) is 0 Å². The first-order chi connectivity index (χ1) is 29.7. The molecule has 0 unspecified atom stereocenters. The van der Waals surface area contributed by atoms with E-state index in [2.05, 4.69) is 161 Å². The van der Waals surface area contributed by atoms with Crippen molar-refractivity contribution >= 4 is 54.4 Å². The van der Waals surface area contributed by atoms with Gasteiger partial charge < -0.3 is 9.13 Å². The number of hydrogen-bond acceptors (Lipinski definition) is 3.